The number of carbonyl (C=O) groups is 3. The van der Waals surface area contributed by atoms with Crippen LogP contribution in [0.4, 0.5) is 4.79 Å². The Labute approximate surface area is 178 Å². The molecule has 4 amide bonds. The molecular weight excluding hydrogens is 378 g/mol. The van der Waals surface area contributed by atoms with Gasteiger partial charge >= 0.3 is 6.03 Å². The van der Waals surface area contributed by atoms with E-state index >= 15 is 0 Å². The Hall–Kier alpha value is -2.37. The van der Waals surface area contributed by atoms with Crippen molar-refractivity contribution in [2.75, 3.05) is 6.54 Å². The molecule has 1 aromatic carbocycles. The quantitative estimate of drug-likeness (QED) is 0.728. The maximum atomic E-state index is 13.2. The van der Waals surface area contributed by atoms with Crippen molar-refractivity contribution >= 4 is 17.8 Å². The minimum Gasteiger partial charge on any atom is -0.352 e. The van der Waals surface area contributed by atoms with Crippen molar-refractivity contribution < 1.29 is 14.4 Å². The summed E-state index contributed by atoms with van der Waals surface area (Å²) in [5.74, 6) is 0.130. The lowest BCUT2D eigenvalue weighted by Crippen LogP contribution is -2.47. The Morgan fingerprint density at radius 2 is 1.90 bits per heavy atom. The third-order valence-corrected chi connectivity index (χ3v) is 7.83. The highest BCUT2D eigenvalue weighted by molar-refractivity contribution is 6.09. The molecule has 0 aromatic heterocycles. The van der Waals surface area contributed by atoms with Crippen molar-refractivity contribution in [3.05, 3.63) is 35.4 Å². The number of rotatable bonds is 5. The molecule has 3 aliphatic rings. The lowest BCUT2D eigenvalue weighted by molar-refractivity contribution is -0.135. The molecule has 0 unspecified atom stereocenters. The maximum Gasteiger partial charge on any atom is 0.325 e. The van der Waals surface area contributed by atoms with Crippen LogP contribution in [-0.2, 0) is 21.5 Å². The van der Waals surface area contributed by atoms with Gasteiger partial charge in [0.2, 0.25) is 5.91 Å². The Balaban J connectivity index is 1.36. The lowest BCUT2D eigenvalue weighted by Gasteiger charge is -2.39. The molecule has 162 valence electrons. The molecule has 1 atom stereocenters. The summed E-state index contributed by atoms with van der Waals surface area (Å²) in [5, 5.41) is 5.94. The topological polar surface area (TPSA) is 78.5 Å². The number of urea groups is 1. The molecule has 4 rings (SSSR count). The molecule has 1 aliphatic heterocycles. The van der Waals surface area contributed by atoms with E-state index in [-0.39, 0.29) is 24.4 Å². The molecule has 1 saturated heterocycles. The van der Waals surface area contributed by atoms with E-state index in [1.807, 2.05) is 24.3 Å². The number of fused-ring (bicyclic) bond motifs is 2. The predicted molar refractivity (Wildman–Crippen MR) is 115 cm³/mol. The van der Waals surface area contributed by atoms with E-state index in [4.69, 9.17) is 0 Å². The Bertz CT molecular complexity index is 857. The van der Waals surface area contributed by atoms with Crippen LogP contribution in [-0.4, -0.2) is 35.3 Å². The zero-order valence-electron chi connectivity index (χ0n) is 18.3. The molecule has 1 aromatic rings. The molecule has 2 N–H and O–H groups in total. The van der Waals surface area contributed by atoms with Crippen LogP contribution < -0.4 is 10.6 Å². The van der Waals surface area contributed by atoms with E-state index in [1.165, 1.54) is 0 Å². The fraction of sp³-hybridized carbons (Fsp3) is 0.625. The van der Waals surface area contributed by atoms with E-state index in [1.54, 1.807) is 0 Å². The van der Waals surface area contributed by atoms with Crippen molar-refractivity contribution in [2.45, 2.75) is 77.3 Å². The van der Waals surface area contributed by atoms with Gasteiger partial charge in [0.25, 0.3) is 5.91 Å². The highest BCUT2D eigenvalue weighted by Gasteiger charge is 2.55. The van der Waals surface area contributed by atoms with Gasteiger partial charge < -0.3 is 10.6 Å². The number of hydrogen-bond acceptors (Lipinski definition) is 3. The van der Waals surface area contributed by atoms with Crippen molar-refractivity contribution in [1.82, 2.24) is 15.5 Å². The second-order valence-corrected chi connectivity index (χ2v) is 9.84. The summed E-state index contributed by atoms with van der Waals surface area (Å²) in [5.41, 5.74) is 1.28. The van der Waals surface area contributed by atoms with Gasteiger partial charge in [0.1, 0.15) is 12.1 Å². The molecule has 0 radical (unpaired) electrons. The fourth-order valence-electron chi connectivity index (χ4n) is 5.46. The van der Waals surface area contributed by atoms with E-state index in [9.17, 15) is 14.4 Å². The average Bonchev–Trinajstić information content (AvgIpc) is 3.22. The van der Waals surface area contributed by atoms with Crippen molar-refractivity contribution in [1.29, 1.82) is 0 Å². The van der Waals surface area contributed by atoms with E-state index in [0.29, 0.717) is 17.8 Å². The van der Waals surface area contributed by atoms with Crippen LogP contribution in [0.5, 0.6) is 0 Å². The molecule has 30 heavy (non-hydrogen) atoms. The van der Waals surface area contributed by atoms with Crippen molar-refractivity contribution in [2.24, 2.45) is 11.3 Å². The van der Waals surface area contributed by atoms with Gasteiger partial charge in [0.15, 0.2) is 0 Å². The Morgan fingerprint density at radius 1 is 1.20 bits per heavy atom. The first-order chi connectivity index (χ1) is 14.3. The SMILES string of the molecule is CCC(C)(C)C1CCC(NC(=O)CN2C(=O)N[C@]3(CCc4ccccc43)C2=O)CC1. The summed E-state index contributed by atoms with van der Waals surface area (Å²) >= 11 is 0. The summed E-state index contributed by atoms with van der Waals surface area (Å²) in [6.45, 7) is 6.67. The predicted octanol–water partition coefficient (Wildman–Crippen LogP) is 3.49. The number of imide groups is 1. The average molecular weight is 412 g/mol. The molecule has 6 nitrogen and oxygen atoms in total. The van der Waals surface area contributed by atoms with Gasteiger partial charge in [-0.1, -0.05) is 51.5 Å². The molecule has 1 saturated carbocycles. The second kappa shape index (κ2) is 7.71. The van der Waals surface area contributed by atoms with Gasteiger partial charge in [-0.25, -0.2) is 4.79 Å². The zero-order chi connectivity index (χ0) is 21.5. The summed E-state index contributed by atoms with van der Waals surface area (Å²) in [4.78, 5) is 39.5. The largest absolute Gasteiger partial charge is 0.352 e. The number of carbonyl (C=O) groups excluding carboxylic acids is 3. The van der Waals surface area contributed by atoms with Crippen LogP contribution in [0.15, 0.2) is 24.3 Å². The Morgan fingerprint density at radius 3 is 2.60 bits per heavy atom. The number of benzene rings is 1. The molecule has 2 fully saturated rings. The first-order valence-electron chi connectivity index (χ1n) is 11.3. The minimum atomic E-state index is -1.00. The second-order valence-electron chi connectivity index (χ2n) is 9.84. The zero-order valence-corrected chi connectivity index (χ0v) is 18.3. The summed E-state index contributed by atoms with van der Waals surface area (Å²) in [7, 11) is 0. The standard InChI is InChI=1S/C24H33N3O3/c1-4-23(2,3)17-9-11-18(12-10-17)25-20(28)15-27-21(29)24(26-22(27)30)14-13-16-7-5-6-8-19(16)24/h5-8,17-18H,4,9-15H2,1-3H3,(H,25,28)(H,26,30)/t17?,18?,24-/m0/s1. The molecule has 1 spiro atoms. The van der Waals surface area contributed by atoms with E-state index in [2.05, 4.69) is 31.4 Å². The number of amides is 4. The summed E-state index contributed by atoms with van der Waals surface area (Å²) in [6.07, 6.45) is 6.58. The van der Waals surface area contributed by atoms with E-state index in [0.717, 1.165) is 54.6 Å². The van der Waals surface area contributed by atoms with Crippen LogP contribution in [0.2, 0.25) is 0 Å². The van der Waals surface area contributed by atoms with Crippen LogP contribution in [0.3, 0.4) is 0 Å². The van der Waals surface area contributed by atoms with Crippen molar-refractivity contribution in [3.63, 3.8) is 0 Å². The van der Waals surface area contributed by atoms with Crippen LogP contribution in [0, 0.1) is 11.3 Å². The normalized spacial score (nSPS) is 28.6. The van der Waals surface area contributed by atoms with Gasteiger partial charge in [0.05, 0.1) is 0 Å². The Kier molecular flexibility index (Phi) is 5.37. The monoisotopic (exact) mass is 411 g/mol. The number of hydrogen-bond donors (Lipinski definition) is 2. The third-order valence-electron chi connectivity index (χ3n) is 7.83. The third kappa shape index (κ3) is 3.50. The smallest absolute Gasteiger partial charge is 0.325 e. The molecule has 6 heteroatoms. The lowest BCUT2D eigenvalue weighted by atomic mass is 9.69. The fourth-order valence-corrected chi connectivity index (χ4v) is 5.46. The maximum absolute atomic E-state index is 13.2. The van der Waals surface area contributed by atoms with Crippen LogP contribution in [0.1, 0.15) is 70.4 Å². The summed E-state index contributed by atoms with van der Waals surface area (Å²) in [6, 6.07) is 7.39. The highest BCUT2D eigenvalue weighted by atomic mass is 16.2. The number of nitrogens with one attached hydrogen (secondary N) is 2. The first-order valence-corrected chi connectivity index (χ1v) is 11.3. The molecular formula is C24H33N3O3. The first kappa shape index (κ1) is 20.9. The van der Waals surface area contributed by atoms with E-state index < -0.39 is 11.6 Å². The number of aryl methyl sites for hydroxylation is 1. The highest BCUT2D eigenvalue weighted by Crippen LogP contribution is 2.42. The van der Waals surface area contributed by atoms with Gasteiger partial charge in [-0.2, -0.15) is 0 Å². The molecule has 0 bridgehead atoms. The van der Waals surface area contributed by atoms with Gasteiger partial charge in [-0.05, 0) is 61.0 Å². The van der Waals surface area contributed by atoms with Gasteiger partial charge in [-0.15, -0.1) is 0 Å². The van der Waals surface area contributed by atoms with Crippen LogP contribution >= 0.6 is 0 Å². The minimum absolute atomic E-state index is 0.128. The molecule has 1 heterocycles. The van der Waals surface area contributed by atoms with Crippen LogP contribution in [0.25, 0.3) is 0 Å². The molecule has 2 aliphatic carbocycles. The van der Waals surface area contributed by atoms with Gasteiger partial charge in [-0.3, -0.25) is 14.5 Å². The van der Waals surface area contributed by atoms with Gasteiger partial charge in [0, 0.05) is 6.04 Å². The van der Waals surface area contributed by atoms with Crippen molar-refractivity contribution in [3.8, 4) is 0 Å². The number of nitrogens with zero attached hydrogens (tertiary/aromatic N) is 1. The summed E-state index contributed by atoms with van der Waals surface area (Å²) < 4.78 is 0.